The lowest BCUT2D eigenvalue weighted by Crippen LogP contribution is -2.27. The van der Waals surface area contributed by atoms with Gasteiger partial charge in [0.05, 0.1) is 16.3 Å². The zero-order valence-corrected chi connectivity index (χ0v) is 20.7. The molecular weight excluding hydrogens is 595 g/mol. The molecule has 1 N–H and O–H groups in total. The van der Waals surface area contributed by atoms with E-state index >= 15 is 4.39 Å². The van der Waals surface area contributed by atoms with Gasteiger partial charge in [-0.05, 0) is 37.1 Å². The SMILES string of the molecule is O=C(Nc1ccc(S(F)(F)(F)(F)F)cc1Cl)c1cc(F)c(-n2nc3n(c2=O)CCCC3)cc1OCC(F)(F)F. The Kier molecular flexibility index (Phi) is 6.49. The molecule has 214 valence electrons. The van der Waals surface area contributed by atoms with Crippen molar-refractivity contribution in [2.24, 2.45) is 0 Å². The normalized spacial score (nSPS) is 15.7. The number of fused-ring (bicyclic) bond motifs is 1. The number of carbonyl (C=O) groups is 1. The first-order valence-corrected chi connectivity index (χ1v) is 13.1. The second kappa shape index (κ2) is 8.84. The summed E-state index contributed by atoms with van der Waals surface area (Å²) in [6, 6.07) is 1.26. The number of aromatic nitrogens is 3. The Morgan fingerprint density at radius 2 is 1.79 bits per heavy atom. The lowest BCUT2D eigenvalue weighted by Gasteiger charge is -2.40. The number of aryl methyl sites for hydroxylation is 1. The quantitative estimate of drug-likeness (QED) is 0.305. The van der Waals surface area contributed by atoms with Crippen LogP contribution >= 0.6 is 21.8 Å². The molecule has 0 bridgehead atoms. The molecule has 0 radical (unpaired) electrons. The summed E-state index contributed by atoms with van der Waals surface area (Å²) in [4.78, 5) is 23.1. The minimum Gasteiger partial charge on any atom is -0.483 e. The highest BCUT2D eigenvalue weighted by atomic mass is 35.5. The van der Waals surface area contributed by atoms with Crippen LogP contribution in [-0.4, -0.2) is 33.0 Å². The number of amides is 1. The van der Waals surface area contributed by atoms with Crippen molar-refractivity contribution in [2.45, 2.75) is 36.9 Å². The van der Waals surface area contributed by atoms with E-state index in [1.54, 1.807) is 0 Å². The molecule has 2 aromatic carbocycles. The smallest absolute Gasteiger partial charge is 0.422 e. The van der Waals surface area contributed by atoms with E-state index in [0.29, 0.717) is 48.0 Å². The van der Waals surface area contributed by atoms with Crippen molar-refractivity contribution in [3.05, 3.63) is 63.0 Å². The van der Waals surface area contributed by atoms with Gasteiger partial charge in [0, 0.05) is 19.0 Å². The van der Waals surface area contributed by atoms with E-state index in [0.717, 1.165) is 0 Å². The third kappa shape index (κ3) is 6.29. The van der Waals surface area contributed by atoms with E-state index in [2.05, 4.69) is 9.84 Å². The van der Waals surface area contributed by atoms with Crippen LogP contribution in [0.2, 0.25) is 5.02 Å². The first-order chi connectivity index (χ1) is 17.7. The fourth-order valence-corrected chi connectivity index (χ4v) is 4.70. The summed E-state index contributed by atoms with van der Waals surface area (Å²) in [6.07, 6.45) is -3.17. The Morgan fingerprint density at radius 3 is 2.38 bits per heavy atom. The van der Waals surface area contributed by atoms with Crippen LogP contribution in [0.4, 0.5) is 42.7 Å². The van der Waals surface area contributed by atoms with Crippen molar-refractivity contribution in [3.8, 4) is 11.4 Å². The molecule has 0 spiro atoms. The maximum absolute atomic E-state index is 15.1. The number of halogens is 10. The number of alkyl halides is 3. The van der Waals surface area contributed by atoms with Crippen LogP contribution in [0.5, 0.6) is 5.75 Å². The van der Waals surface area contributed by atoms with E-state index in [9.17, 15) is 42.2 Å². The molecular formula is C21H16ClF9N4O3S. The van der Waals surface area contributed by atoms with Crippen molar-refractivity contribution >= 4 is 33.4 Å². The highest BCUT2D eigenvalue weighted by Crippen LogP contribution is 3.02. The molecule has 0 saturated carbocycles. The zero-order chi connectivity index (χ0) is 29.0. The summed E-state index contributed by atoms with van der Waals surface area (Å²) in [6.45, 7) is -1.65. The summed E-state index contributed by atoms with van der Waals surface area (Å²) in [5.74, 6) is -3.23. The van der Waals surface area contributed by atoms with Crippen molar-refractivity contribution in [2.75, 3.05) is 11.9 Å². The predicted molar refractivity (Wildman–Crippen MR) is 123 cm³/mol. The molecule has 0 saturated heterocycles. The first-order valence-electron chi connectivity index (χ1n) is 10.8. The molecule has 4 rings (SSSR count). The lowest BCUT2D eigenvalue weighted by molar-refractivity contribution is -0.153. The fourth-order valence-electron chi connectivity index (χ4n) is 3.74. The van der Waals surface area contributed by atoms with E-state index < -0.39 is 73.0 Å². The summed E-state index contributed by atoms with van der Waals surface area (Å²) in [5, 5.41) is 4.94. The number of anilines is 1. The average molecular weight is 611 g/mol. The van der Waals surface area contributed by atoms with Crippen molar-refractivity contribution in [1.29, 1.82) is 0 Å². The topological polar surface area (TPSA) is 78.2 Å². The Labute approximate surface area is 217 Å². The van der Waals surface area contributed by atoms with Crippen molar-refractivity contribution in [3.63, 3.8) is 0 Å². The summed E-state index contributed by atoms with van der Waals surface area (Å²) < 4.78 is 125. The lowest BCUT2D eigenvalue weighted by atomic mass is 10.1. The molecule has 2 heterocycles. The summed E-state index contributed by atoms with van der Waals surface area (Å²) >= 11 is 5.62. The molecule has 0 unspecified atom stereocenters. The monoisotopic (exact) mass is 610 g/mol. The van der Waals surface area contributed by atoms with Crippen LogP contribution in [0.25, 0.3) is 5.69 Å². The van der Waals surface area contributed by atoms with Crippen LogP contribution in [0.1, 0.15) is 29.0 Å². The number of rotatable bonds is 6. The molecule has 0 aliphatic carbocycles. The Bertz CT molecular complexity index is 1540. The van der Waals surface area contributed by atoms with E-state index in [4.69, 9.17) is 11.6 Å². The minimum atomic E-state index is -10.1. The Hall–Kier alpha value is -3.34. The van der Waals surface area contributed by atoms with E-state index in [-0.39, 0.29) is 18.7 Å². The maximum Gasteiger partial charge on any atom is 0.422 e. The molecule has 7 nitrogen and oxygen atoms in total. The third-order valence-electron chi connectivity index (χ3n) is 5.52. The van der Waals surface area contributed by atoms with Gasteiger partial charge in [-0.3, -0.25) is 9.36 Å². The zero-order valence-electron chi connectivity index (χ0n) is 19.2. The van der Waals surface area contributed by atoms with Gasteiger partial charge in [-0.2, -0.15) is 17.9 Å². The number of hydrogen-bond donors (Lipinski definition) is 1. The number of nitrogens with one attached hydrogen (secondary N) is 1. The van der Waals surface area contributed by atoms with Crippen LogP contribution in [0.15, 0.2) is 40.0 Å². The van der Waals surface area contributed by atoms with Gasteiger partial charge in [0.1, 0.15) is 28.0 Å². The average Bonchev–Trinajstić information content (AvgIpc) is 3.13. The molecule has 18 heteroatoms. The maximum atomic E-state index is 15.1. The van der Waals surface area contributed by atoms with Gasteiger partial charge in [-0.25, -0.2) is 9.18 Å². The van der Waals surface area contributed by atoms with E-state index in [1.165, 1.54) is 4.57 Å². The van der Waals surface area contributed by atoms with Crippen LogP contribution < -0.4 is 15.7 Å². The van der Waals surface area contributed by atoms with Crippen molar-refractivity contribution < 1.29 is 46.5 Å². The molecule has 39 heavy (non-hydrogen) atoms. The Morgan fingerprint density at radius 1 is 1.10 bits per heavy atom. The second-order valence-corrected chi connectivity index (χ2v) is 11.3. The number of ether oxygens (including phenoxy) is 1. The summed E-state index contributed by atoms with van der Waals surface area (Å²) in [7, 11) is -10.1. The highest BCUT2D eigenvalue weighted by molar-refractivity contribution is 8.45. The summed E-state index contributed by atoms with van der Waals surface area (Å²) in [5.41, 5.74) is -2.92. The van der Waals surface area contributed by atoms with Crippen LogP contribution in [-0.2, 0) is 13.0 Å². The second-order valence-electron chi connectivity index (χ2n) is 8.49. The minimum absolute atomic E-state index is 0.0548. The Balaban J connectivity index is 1.73. The fraction of sp³-hybridized carbons (Fsp3) is 0.286. The molecule has 1 aromatic heterocycles. The molecule has 1 aliphatic heterocycles. The standard InChI is InChI=1S/C21H16ClF9N4O3S/c22-13-7-11(39(27,28,29,30)31)4-5-15(13)32-19(36)12-8-14(23)16(9-17(12)38-10-21(24,25)26)35-20(37)34-6-2-1-3-18(34)33-35/h4-5,7-9H,1-3,6,10H2,(H,32,36). The molecule has 3 aromatic rings. The highest BCUT2D eigenvalue weighted by Gasteiger charge is 2.65. The number of carbonyl (C=O) groups excluding carboxylic acids is 1. The molecule has 0 atom stereocenters. The van der Waals surface area contributed by atoms with Gasteiger partial charge in [0.15, 0.2) is 6.61 Å². The van der Waals surface area contributed by atoms with Crippen molar-refractivity contribution in [1.82, 2.24) is 14.3 Å². The van der Waals surface area contributed by atoms with Gasteiger partial charge in [0.2, 0.25) is 0 Å². The molecule has 0 fully saturated rings. The van der Waals surface area contributed by atoms with Gasteiger partial charge >= 0.3 is 22.1 Å². The van der Waals surface area contributed by atoms with Gasteiger partial charge < -0.3 is 10.1 Å². The number of benzene rings is 2. The molecule has 1 aliphatic rings. The first kappa shape index (κ1) is 28.7. The number of nitrogens with zero attached hydrogens (tertiary/aromatic N) is 3. The van der Waals surface area contributed by atoms with Gasteiger partial charge in [-0.15, -0.1) is 5.10 Å². The third-order valence-corrected chi connectivity index (χ3v) is 6.98. The van der Waals surface area contributed by atoms with Gasteiger partial charge in [0.25, 0.3) is 5.91 Å². The van der Waals surface area contributed by atoms with Crippen LogP contribution in [0.3, 0.4) is 0 Å². The largest absolute Gasteiger partial charge is 0.483 e. The predicted octanol–water partition coefficient (Wildman–Crippen LogP) is 7.01. The molecule has 1 amide bonds. The number of hydrogen-bond acceptors (Lipinski definition) is 4. The van der Waals surface area contributed by atoms with E-state index in [1.807, 2.05) is 5.32 Å². The van der Waals surface area contributed by atoms with Gasteiger partial charge in [-0.1, -0.05) is 31.0 Å². The van der Waals surface area contributed by atoms with Crippen LogP contribution in [0, 0.1) is 5.82 Å².